The molecule has 1 N–H and O–H groups in total. The number of hydrogen-bond donors (Lipinski definition) is 1. The Morgan fingerprint density at radius 3 is 2.37 bits per heavy atom. The molecule has 0 spiro atoms. The van der Waals surface area contributed by atoms with Crippen LogP contribution in [0.3, 0.4) is 0 Å². The van der Waals surface area contributed by atoms with Crippen LogP contribution in [0.15, 0.2) is 40.6 Å². The van der Waals surface area contributed by atoms with E-state index in [1.165, 1.54) is 4.68 Å². The van der Waals surface area contributed by atoms with E-state index in [9.17, 15) is 9.59 Å². The van der Waals surface area contributed by atoms with E-state index in [2.05, 4.69) is 10.8 Å². The van der Waals surface area contributed by atoms with Crippen LogP contribution in [0, 0.1) is 0 Å². The van der Waals surface area contributed by atoms with Gasteiger partial charge in [-0.1, -0.05) is 24.8 Å². The molecule has 1 aromatic carbocycles. The smallest absolute Gasteiger partial charge is 0.357 e. The minimum atomic E-state index is -0.543. The van der Waals surface area contributed by atoms with Gasteiger partial charge >= 0.3 is 5.97 Å². The van der Waals surface area contributed by atoms with Crippen LogP contribution in [0.5, 0.6) is 0 Å². The molecule has 2 heterocycles. The number of esters is 1. The highest BCUT2D eigenvalue weighted by Crippen LogP contribution is 2.38. The van der Waals surface area contributed by atoms with Crippen molar-refractivity contribution >= 4 is 23.4 Å². The summed E-state index contributed by atoms with van der Waals surface area (Å²) in [6, 6.07) is 8.00. The number of aromatic nitrogens is 2. The maximum atomic E-state index is 12.7. The van der Waals surface area contributed by atoms with Gasteiger partial charge in [-0.15, -0.1) is 0 Å². The summed E-state index contributed by atoms with van der Waals surface area (Å²) in [7, 11) is 3.88. The molecule has 27 heavy (non-hydrogen) atoms. The summed E-state index contributed by atoms with van der Waals surface area (Å²) >= 11 is 0. The normalized spacial score (nSPS) is 12.8. The lowest BCUT2D eigenvalue weighted by Crippen LogP contribution is -2.21. The Hall–Kier alpha value is -3.18. The van der Waals surface area contributed by atoms with E-state index in [0.29, 0.717) is 6.54 Å². The van der Waals surface area contributed by atoms with Gasteiger partial charge in [0.2, 0.25) is 0 Å². The molecule has 0 aliphatic carbocycles. The molecule has 1 aliphatic rings. The van der Waals surface area contributed by atoms with Crippen molar-refractivity contribution in [3.63, 3.8) is 0 Å². The summed E-state index contributed by atoms with van der Waals surface area (Å²) in [4.78, 5) is 28.9. The van der Waals surface area contributed by atoms with E-state index in [1.54, 1.807) is 13.0 Å². The molecule has 0 atom stereocenters. The van der Waals surface area contributed by atoms with Gasteiger partial charge in [0.25, 0.3) is 5.56 Å². The summed E-state index contributed by atoms with van der Waals surface area (Å²) in [5, 5.41) is 2.87. The van der Waals surface area contributed by atoms with Gasteiger partial charge in [-0.05, 0) is 31.6 Å². The zero-order valence-corrected chi connectivity index (χ0v) is 16.1. The molecular weight excluding hydrogens is 344 g/mol. The molecule has 0 amide bonds. The van der Waals surface area contributed by atoms with Crippen molar-refractivity contribution in [3.05, 3.63) is 57.4 Å². The monoisotopic (exact) mass is 368 g/mol. The van der Waals surface area contributed by atoms with Crippen molar-refractivity contribution in [1.29, 1.82) is 0 Å². The van der Waals surface area contributed by atoms with Crippen molar-refractivity contribution in [2.45, 2.75) is 26.8 Å². The average Bonchev–Trinajstić information content (AvgIpc) is 3.10. The standard InChI is InChI=1S/C20H24N4O3/c1-5-13-24-19(25)14(18(21-24)20(26)27-6-2)11-12-17-22(3)15-9-7-8-10-16(15)23(17)4/h7-11,21H,5-6,13H2,1-4H3. The van der Waals surface area contributed by atoms with Crippen molar-refractivity contribution in [2.75, 3.05) is 30.5 Å². The highest BCUT2D eigenvalue weighted by atomic mass is 16.5. The second kappa shape index (κ2) is 7.60. The quantitative estimate of drug-likeness (QED) is 0.649. The van der Waals surface area contributed by atoms with Crippen molar-refractivity contribution in [3.8, 4) is 0 Å². The molecule has 0 radical (unpaired) electrons. The maximum Gasteiger partial charge on any atom is 0.357 e. The number of carbonyl (C=O) groups excluding carboxylic acids is 1. The van der Waals surface area contributed by atoms with Gasteiger partial charge in [0.15, 0.2) is 11.5 Å². The van der Waals surface area contributed by atoms with E-state index in [0.717, 1.165) is 23.6 Å². The van der Waals surface area contributed by atoms with E-state index in [1.807, 2.05) is 55.1 Å². The Kier molecular flexibility index (Phi) is 5.23. The summed E-state index contributed by atoms with van der Waals surface area (Å²) in [5.74, 6) is 0.243. The maximum absolute atomic E-state index is 12.7. The number of benzene rings is 1. The first-order valence-corrected chi connectivity index (χ1v) is 9.02. The van der Waals surface area contributed by atoms with E-state index in [4.69, 9.17) is 4.74 Å². The average molecular weight is 368 g/mol. The molecule has 142 valence electrons. The number of para-hydroxylation sites is 2. The second-order valence-electron chi connectivity index (χ2n) is 6.30. The Bertz CT molecular complexity index is 948. The second-order valence-corrected chi connectivity index (χ2v) is 6.30. The molecular formula is C20H24N4O3. The van der Waals surface area contributed by atoms with Gasteiger partial charge in [0.05, 0.1) is 23.5 Å². The zero-order valence-electron chi connectivity index (χ0n) is 16.1. The number of nitrogens with one attached hydrogen (secondary N) is 1. The van der Waals surface area contributed by atoms with Crippen molar-refractivity contribution in [2.24, 2.45) is 0 Å². The molecule has 0 saturated heterocycles. The van der Waals surface area contributed by atoms with E-state index >= 15 is 0 Å². The fourth-order valence-corrected chi connectivity index (χ4v) is 3.19. The molecule has 7 heteroatoms. The van der Waals surface area contributed by atoms with Gasteiger partial charge in [0.1, 0.15) is 0 Å². The SMILES string of the molecule is CCCn1[nH]c(C(=O)OCC)c(C=C=C2N(C)c3ccccc3N2C)c1=O. The molecule has 1 aromatic heterocycles. The molecule has 1 aliphatic heterocycles. The van der Waals surface area contributed by atoms with Crippen LogP contribution in [0.1, 0.15) is 36.3 Å². The van der Waals surface area contributed by atoms with Crippen LogP contribution in [-0.4, -0.2) is 36.5 Å². The number of H-pyrrole nitrogens is 1. The number of fused-ring (bicyclic) bond motifs is 1. The third kappa shape index (κ3) is 3.29. The zero-order chi connectivity index (χ0) is 19.6. The lowest BCUT2D eigenvalue weighted by Gasteiger charge is -2.15. The molecule has 2 aromatic rings. The Balaban J connectivity index is 2.08. The van der Waals surface area contributed by atoms with Crippen LogP contribution in [0.2, 0.25) is 0 Å². The van der Waals surface area contributed by atoms with Gasteiger partial charge in [-0.3, -0.25) is 14.6 Å². The van der Waals surface area contributed by atoms with Crippen LogP contribution in [0.4, 0.5) is 11.4 Å². The van der Waals surface area contributed by atoms with Gasteiger partial charge in [0, 0.05) is 20.6 Å². The van der Waals surface area contributed by atoms with Crippen LogP contribution >= 0.6 is 0 Å². The number of aryl methyl sites for hydroxylation is 1. The summed E-state index contributed by atoms with van der Waals surface area (Å²) in [6.45, 7) is 4.44. The van der Waals surface area contributed by atoms with Crippen molar-refractivity contribution < 1.29 is 9.53 Å². The molecule has 0 unspecified atom stereocenters. The minimum absolute atomic E-state index is 0.157. The number of ether oxygens (including phenoxy) is 1. The third-order valence-electron chi connectivity index (χ3n) is 4.50. The number of aromatic amines is 1. The number of rotatable bonds is 5. The third-order valence-corrected chi connectivity index (χ3v) is 4.50. The molecule has 3 rings (SSSR count). The summed E-state index contributed by atoms with van der Waals surface area (Å²) in [6.07, 6.45) is 2.33. The molecule has 0 fully saturated rings. The fourth-order valence-electron chi connectivity index (χ4n) is 3.19. The fraction of sp³-hybridized carbons (Fsp3) is 0.350. The topological polar surface area (TPSA) is 70.6 Å². The Morgan fingerprint density at radius 1 is 1.19 bits per heavy atom. The minimum Gasteiger partial charge on any atom is -0.461 e. The molecule has 7 nitrogen and oxygen atoms in total. The lowest BCUT2D eigenvalue weighted by molar-refractivity contribution is 0.0518. The number of carbonyl (C=O) groups is 1. The Labute approximate surface area is 158 Å². The van der Waals surface area contributed by atoms with E-state index < -0.39 is 5.97 Å². The molecule has 0 saturated carbocycles. The predicted molar refractivity (Wildman–Crippen MR) is 106 cm³/mol. The highest BCUT2D eigenvalue weighted by molar-refractivity contribution is 5.91. The predicted octanol–water partition coefficient (Wildman–Crippen LogP) is 2.80. The lowest BCUT2D eigenvalue weighted by atomic mass is 10.2. The Morgan fingerprint density at radius 2 is 1.81 bits per heavy atom. The largest absolute Gasteiger partial charge is 0.461 e. The van der Waals surface area contributed by atoms with E-state index in [-0.39, 0.29) is 23.4 Å². The first kappa shape index (κ1) is 18.6. The summed E-state index contributed by atoms with van der Waals surface area (Å²) < 4.78 is 6.51. The van der Waals surface area contributed by atoms with Crippen LogP contribution < -0.4 is 15.4 Å². The van der Waals surface area contributed by atoms with Gasteiger partial charge in [-0.2, -0.15) is 0 Å². The van der Waals surface area contributed by atoms with Gasteiger partial charge in [-0.25, -0.2) is 4.79 Å². The highest BCUT2D eigenvalue weighted by Gasteiger charge is 2.25. The van der Waals surface area contributed by atoms with Gasteiger partial charge < -0.3 is 14.5 Å². The number of anilines is 2. The van der Waals surface area contributed by atoms with Crippen LogP contribution in [0.25, 0.3) is 6.08 Å². The number of nitrogens with zero attached hydrogens (tertiary/aromatic N) is 3. The number of hydrogen-bond acceptors (Lipinski definition) is 5. The first-order valence-electron chi connectivity index (χ1n) is 9.02. The summed E-state index contributed by atoms with van der Waals surface area (Å²) in [5.41, 5.74) is 5.45. The first-order chi connectivity index (χ1) is 13.0. The molecule has 0 bridgehead atoms. The van der Waals surface area contributed by atoms with Crippen molar-refractivity contribution in [1.82, 2.24) is 9.78 Å². The van der Waals surface area contributed by atoms with Crippen LogP contribution in [-0.2, 0) is 11.3 Å².